The van der Waals surface area contributed by atoms with Gasteiger partial charge in [-0.15, -0.1) is 0 Å². The predicted molar refractivity (Wildman–Crippen MR) is 108 cm³/mol. The van der Waals surface area contributed by atoms with Gasteiger partial charge in [-0.2, -0.15) is 0 Å². The van der Waals surface area contributed by atoms with E-state index < -0.39 is 0 Å². The van der Waals surface area contributed by atoms with Crippen LogP contribution in [0.1, 0.15) is 37.8 Å². The summed E-state index contributed by atoms with van der Waals surface area (Å²) in [5.74, 6) is 1.76. The Kier molecular flexibility index (Phi) is 7.51. The van der Waals surface area contributed by atoms with Crippen molar-refractivity contribution < 1.29 is 14.3 Å². The number of aryl methyl sites for hydroxylation is 1. The van der Waals surface area contributed by atoms with E-state index in [9.17, 15) is 4.79 Å². The summed E-state index contributed by atoms with van der Waals surface area (Å²) in [5, 5.41) is 2.88. The highest BCUT2D eigenvalue weighted by atomic mass is 79.9. The third kappa shape index (κ3) is 6.06. The van der Waals surface area contributed by atoms with E-state index in [0.717, 1.165) is 15.8 Å². The molecule has 0 heterocycles. The lowest BCUT2D eigenvalue weighted by Gasteiger charge is -2.17. The number of halogens is 1. The fourth-order valence-corrected chi connectivity index (χ4v) is 2.94. The smallest absolute Gasteiger partial charge is 0.258 e. The first-order valence-electron chi connectivity index (χ1n) is 8.77. The lowest BCUT2D eigenvalue weighted by Crippen LogP contribution is -2.39. The summed E-state index contributed by atoms with van der Waals surface area (Å²) in [7, 11) is 0. The van der Waals surface area contributed by atoms with Gasteiger partial charge in [-0.05, 0) is 65.0 Å². The molecule has 1 amide bonds. The van der Waals surface area contributed by atoms with Gasteiger partial charge in [-0.1, -0.05) is 38.1 Å². The average Bonchev–Trinajstić information content (AvgIpc) is 2.59. The van der Waals surface area contributed by atoms with Gasteiger partial charge in [0, 0.05) is 0 Å². The number of para-hydroxylation sites is 1. The number of amides is 1. The highest BCUT2D eigenvalue weighted by Gasteiger charge is 2.11. The molecule has 1 N–H and O–H groups in total. The molecule has 0 saturated heterocycles. The van der Waals surface area contributed by atoms with Crippen molar-refractivity contribution >= 4 is 21.8 Å². The SMILES string of the molecule is Cc1ccccc1OCC(C)NC(=O)COc1ccc(C(C)C)cc1Br. The topological polar surface area (TPSA) is 47.6 Å². The van der Waals surface area contributed by atoms with E-state index in [1.807, 2.05) is 56.3 Å². The summed E-state index contributed by atoms with van der Waals surface area (Å²) >= 11 is 3.50. The summed E-state index contributed by atoms with van der Waals surface area (Å²) in [6, 6.07) is 13.6. The van der Waals surface area contributed by atoms with Crippen LogP contribution in [0.15, 0.2) is 46.9 Å². The number of carbonyl (C=O) groups is 1. The second kappa shape index (κ2) is 9.62. The number of carbonyl (C=O) groups excluding carboxylic acids is 1. The van der Waals surface area contributed by atoms with E-state index in [4.69, 9.17) is 9.47 Å². The van der Waals surface area contributed by atoms with E-state index >= 15 is 0 Å². The molecule has 0 aliphatic heterocycles. The van der Waals surface area contributed by atoms with Crippen LogP contribution in [-0.4, -0.2) is 25.2 Å². The first-order chi connectivity index (χ1) is 12.4. The first-order valence-corrected chi connectivity index (χ1v) is 9.56. The molecule has 0 bridgehead atoms. The molecule has 0 spiro atoms. The predicted octanol–water partition coefficient (Wildman–Crippen LogP) is 4.84. The highest BCUT2D eigenvalue weighted by Crippen LogP contribution is 2.28. The van der Waals surface area contributed by atoms with Gasteiger partial charge in [0.05, 0.1) is 10.5 Å². The maximum absolute atomic E-state index is 12.1. The zero-order valence-corrected chi connectivity index (χ0v) is 17.3. The maximum atomic E-state index is 12.1. The quantitative estimate of drug-likeness (QED) is 0.665. The van der Waals surface area contributed by atoms with Crippen molar-refractivity contribution in [3.05, 3.63) is 58.1 Å². The molecule has 0 fully saturated rings. The Bertz CT molecular complexity index is 746. The standard InChI is InChI=1S/C21H26BrNO3/c1-14(2)17-9-10-20(18(22)11-17)26-13-21(24)23-16(4)12-25-19-8-6-5-7-15(19)3/h5-11,14,16H,12-13H2,1-4H3,(H,23,24). The highest BCUT2D eigenvalue weighted by molar-refractivity contribution is 9.10. The van der Waals surface area contributed by atoms with Crippen LogP contribution in [0.5, 0.6) is 11.5 Å². The van der Waals surface area contributed by atoms with Crippen molar-refractivity contribution in [3.63, 3.8) is 0 Å². The van der Waals surface area contributed by atoms with E-state index in [1.54, 1.807) is 0 Å². The third-order valence-electron chi connectivity index (χ3n) is 3.97. The Morgan fingerprint density at radius 3 is 2.46 bits per heavy atom. The molecule has 140 valence electrons. The second-order valence-electron chi connectivity index (χ2n) is 6.68. The number of hydrogen-bond donors (Lipinski definition) is 1. The Labute approximate surface area is 164 Å². The number of ether oxygens (including phenoxy) is 2. The molecule has 0 radical (unpaired) electrons. The number of benzene rings is 2. The van der Waals surface area contributed by atoms with Crippen LogP contribution in [-0.2, 0) is 4.79 Å². The molecule has 0 saturated carbocycles. The van der Waals surface area contributed by atoms with Crippen LogP contribution in [0.25, 0.3) is 0 Å². The normalized spacial score (nSPS) is 11.9. The minimum Gasteiger partial charge on any atom is -0.491 e. The summed E-state index contributed by atoms with van der Waals surface area (Å²) in [6.45, 7) is 8.54. The summed E-state index contributed by atoms with van der Waals surface area (Å²) in [6.07, 6.45) is 0. The Hall–Kier alpha value is -2.01. The molecular formula is C21H26BrNO3. The van der Waals surface area contributed by atoms with Gasteiger partial charge in [-0.3, -0.25) is 4.79 Å². The Morgan fingerprint density at radius 2 is 1.81 bits per heavy atom. The molecule has 1 atom stereocenters. The van der Waals surface area contributed by atoms with E-state index in [1.165, 1.54) is 5.56 Å². The van der Waals surface area contributed by atoms with Gasteiger partial charge < -0.3 is 14.8 Å². The van der Waals surface area contributed by atoms with Crippen molar-refractivity contribution in [3.8, 4) is 11.5 Å². The van der Waals surface area contributed by atoms with Crippen molar-refractivity contribution in [2.75, 3.05) is 13.2 Å². The van der Waals surface area contributed by atoms with Crippen LogP contribution >= 0.6 is 15.9 Å². The van der Waals surface area contributed by atoms with Crippen molar-refractivity contribution in [2.24, 2.45) is 0 Å². The summed E-state index contributed by atoms with van der Waals surface area (Å²) < 4.78 is 12.2. The molecule has 2 aromatic rings. The largest absolute Gasteiger partial charge is 0.491 e. The monoisotopic (exact) mass is 419 g/mol. The fourth-order valence-electron chi connectivity index (χ4n) is 2.43. The molecular weight excluding hydrogens is 394 g/mol. The number of rotatable bonds is 8. The third-order valence-corrected chi connectivity index (χ3v) is 4.59. The molecule has 26 heavy (non-hydrogen) atoms. The molecule has 1 unspecified atom stereocenters. The lowest BCUT2D eigenvalue weighted by atomic mass is 10.0. The molecule has 5 heteroatoms. The van der Waals surface area contributed by atoms with Crippen molar-refractivity contribution in [1.82, 2.24) is 5.32 Å². The van der Waals surface area contributed by atoms with E-state index in [2.05, 4.69) is 35.1 Å². The molecule has 4 nitrogen and oxygen atoms in total. The minimum atomic E-state index is -0.175. The van der Waals surface area contributed by atoms with Gasteiger partial charge in [0.15, 0.2) is 6.61 Å². The minimum absolute atomic E-state index is 0.0334. The Morgan fingerprint density at radius 1 is 1.08 bits per heavy atom. The van der Waals surface area contributed by atoms with E-state index in [0.29, 0.717) is 18.3 Å². The molecule has 0 aliphatic carbocycles. The lowest BCUT2D eigenvalue weighted by molar-refractivity contribution is -0.123. The summed E-state index contributed by atoms with van der Waals surface area (Å²) in [4.78, 5) is 12.1. The molecule has 0 aliphatic rings. The molecule has 2 aromatic carbocycles. The van der Waals surface area contributed by atoms with Gasteiger partial charge in [0.25, 0.3) is 5.91 Å². The van der Waals surface area contributed by atoms with Crippen LogP contribution < -0.4 is 14.8 Å². The fraction of sp³-hybridized carbons (Fsp3) is 0.381. The zero-order valence-electron chi connectivity index (χ0n) is 15.7. The zero-order chi connectivity index (χ0) is 19.1. The van der Waals surface area contributed by atoms with Crippen LogP contribution in [0.4, 0.5) is 0 Å². The van der Waals surface area contributed by atoms with Crippen molar-refractivity contribution in [2.45, 2.75) is 39.7 Å². The van der Waals surface area contributed by atoms with Crippen molar-refractivity contribution in [1.29, 1.82) is 0 Å². The summed E-state index contributed by atoms with van der Waals surface area (Å²) in [5.41, 5.74) is 2.29. The van der Waals surface area contributed by atoms with E-state index in [-0.39, 0.29) is 18.6 Å². The van der Waals surface area contributed by atoms with Gasteiger partial charge in [-0.25, -0.2) is 0 Å². The number of nitrogens with one attached hydrogen (secondary N) is 1. The average molecular weight is 420 g/mol. The van der Waals surface area contributed by atoms with Crippen LogP contribution in [0.2, 0.25) is 0 Å². The molecule has 2 rings (SSSR count). The Balaban J connectivity index is 1.78. The van der Waals surface area contributed by atoms with Crippen LogP contribution in [0, 0.1) is 6.92 Å². The molecule has 0 aromatic heterocycles. The van der Waals surface area contributed by atoms with Gasteiger partial charge in [0.2, 0.25) is 0 Å². The van der Waals surface area contributed by atoms with Gasteiger partial charge in [0.1, 0.15) is 18.1 Å². The first kappa shape index (κ1) is 20.3. The van der Waals surface area contributed by atoms with Gasteiger partial charge >= 0.3 is 0 Å². The second-order valence-corrected chi connectivity index (χ2v) is 7.53. The maximum Gasteiger partial charge on any atom is 0.258 e. The number of hydrogen-bond acceptors (Lipinski definition) is 3. The van der Waals surface area contributed by atoms with Crippen LogP contribution in [0.3, 0.4) is 0 Å².